The summed E-state index contributed by atoms with van der Waals surface area (Å²) in [4.78, 5) is 14.5. The molecule has 1 aromatic heterocycles. The number of carbonyl (C=O) groups is 1. The molecule has 5 heteroatoms. The van der Waals surface area contributed by atoms with Crippen LogP contribution >= 0.6 is 0 Å². The van der Waals surface area contributed by atoms with Crippen LogP contribution in [0.2, 0.25) is 0 Å². The molecule has 1 N–H and O–H groups in total. The number of aryl methyl sites for hydroxylation is 1. The molecule has 1 saturated heterocycles. The van der Waals surface area contributed by atoms with Crippen LogP contribution in [0.3, 0.4) is 0 Å². The molecule has 3 rings (SSSR count). The SMILES string of the molecule is Cc1cn[nH]c1C1CCCCN1C(=O)COc1ccccc1. The first kappa shape index (κ1) is 14.6. The molecule has 1 unspecified atom stereocenters. The Labute approximate surface area is 130 Å². The maximum absolute atomic E-state index is 12.6. The van der Waals surface area contributed by atoms with Crippen molar-refractivity contribution in [2.75, 3.05) is 13.2 Å². The maximum Gasteiger partial charge on any atom is 0.261 e. The molecule has 1 aliphatic rings. The highest BCUT2D eigenvalue weighted by Crippen LogP contribution is 2.31. The predicted molar refractivity (Wildman–Crippen MR) is 83.6 cm³/mol. The smallest absolute Gasteiger partial charge is 0.261 e. The first-order valence-electron chi connectivity index (χ1n) is 7.73. The van der Waals surface area contributed by atoms with Crippen LogP contribution < -0.4 is 4.74 Å². The van der Waals surface area contributed by atoms with Crippen molar-refractivity contribution in [3.63, 3.8) is 0 Å². The number of H-pyrrole nitrogens is 1. The Morgan fingerprint density at radius 1 is 1.36 bits per heavy atom. The molecule has 2 heterocycles. The van der Waals surface area contributed by atoms with Crippen molar-refractivity contribution >= 4 is 5.91 Å². The van der Waals surface area contributed by atoms with Crippen LogP contribution in [0, 0.1) is 6.92 Å². The quantitative estimate of drug-likeness (QED) is 0.944. The molecule has 1 aliphatic heterocycles. The molecule has 0 bridgehead atoms. The third kappa shape index (κ3) is 3.13. The highest BCUT2D eigenvalue weighted by molar-refractivity contribution is 5.78. The molecular formula is C17H21N3O2. The van der Waals surface area contributed by atoms with Crippen LogP contribution in [0.1, 0.15) is 36.6 Å². The van der Waals surface area contributed by atoms with Crippen LogP contribution in [-0.2, 0) is 4.79 Å². The second kappa shape index (κ2) is 6.64. The van der Waals surface area contributed by atoms with Crippen LogP contribution in [0.4, 0.5) is 0 Å². The average molecular weight is 299 g/mol. The van der Waals surface area contributed by atoms with Gasteiger partial charge in [-0.25, -0.2) is 0 Å². The number of nitrogens with zero attached hydrogens (tertiary/aromatic N) is 2. The monoisotopic (exact) mass is 299 g/mol. The van der Waals surface area contributed by atoms with Gasteiger partial charge in [0.2, 0.25) is 0 Å². The molecule has 2 aromatic rings. The molecule has 0 aliphatic carbocycles. The van der Waals surface area contributed by atoms with Crippen LogP contribution in [0.25, 0.3) is 0 Å². The number of likely N-dealkylation sites (tertiary alicyclic amines) is 1. The zero-order valence-electron chi connectivity index (χ0n) is 12.8. The topological polar surface area (TPSA) is 58.2 Å². The number of rotatable bonds is 4. The first-order valence-corrected chi connectivity index (χ1v) is 7.73. The lowest BCUT2D eigenvalue weighted by Gasteiger charge is -2.35. The van der Waals surface area contributed by atoms with E-state index in [0.29, 0.717) is 0 Å². The van der Waals surface area contributed by atoms with E-state index in [1.165, 1.54) is 0 Å². The summed E-state index contributed by atoms with van der Waals surface area (Å²) < 4.78 is 5.60. The van der Waals surface area contributed by atoms with Gasteiger partial charge in [0.1, 0.15) is 5.75 Å². The highest BCUT2D eigenvalue weighted by atomic mass is 16.5. The number of aromatic amines is 1. The standard InChI is InChI=1S/C17H21N3O2/c1-13-11-18-19-17(13)15-9-5-6-10-20(15)16(21)12-22-14-7-3-2-4-8-14/h2-4,7-8,11,15H,5-6,9-10,12H2,1H3,(H,18,19). The summed E-state index contributed by atoms with van der Waals surface area (Å²) in [6, 6.07) is 9.54. The van der Waals surface area contributed by atoms with Crippen molar-refractivity contribution in [1.82, 2.24) is 15.1 Å². The van der Waals surface area contributed by atoms with Crippen molar-refractivity contribution in [1.29, 1.82) is 0 Å². The Bertz CT molecular complexity index is 624. The van der Waals surface area contributed by atoms with E-state index in [9.17, 15) is 4.79 Å². The van der Waals surface area contributed by atoms with Gasteiger partial charge in [-0.15, -0.1) is 0 Å². The average Bonchev–Trinajstić information content (AvgIpc) is 2.99. The lowest BCUT2D eigenvalue weighted by Crippen LogP contribution is -2.41. The number of aromatic nitrogens is 2. The normalized spacial score (nSPS) is 18.2. The Balaban J connectivity index is 1.68. The summed E-state index contributed by atoms with van der Waals surface area (Å²) in [5.41, 5.74) is 2.15. The lowest BCUT2D eigenvalue weighted by molar-refractivity contribution is -0.137. The van der Waals surface area contributed by atoms with E-state index in [2.05, 4.69) is 10.2 Å². The molecule has 1 aromatic carbocycles. The predicted octanol–water partition coefficient (Wildman–Crippen LogP) is 2.85. The number of hydrogen-bond acceptors (Lipinski definition) is 3. The largest absolute Gasteiger partial charge is 0.484 e. The van der Waals surface area contributed by atoms with Gasteiger partial charge in [0.15, 0.2) is 6.61 Å². The summed E-state index contributed by atoms with van der Waals surface area (Å²) in [6.07, 6.45) is 4.96. The van der Waals surface area contributed by atoms with E-state index in [-0.39, 0.29) is 18.6 Å². The van der Waals surface area contributed by atoms with Gasteiger partial charge in [0, 0.05) is 6.54 Å². The fourth-order valence-corrected chi connectivity index (χ4v) is 2.97. The second-order valence-corrected chi connectivity index (χ2v) is 5.67. The summed E-state index contributed by atoms with van der Waals surface area (Å²) in [7, 11) is 0. The summed E-state index contributed by atoms with van der Waals surface area (Å²) in [5.74, 6) is 0.754. The first-order chi connectivity index (χ1) is 10.8. The van der Waals surface area contributed by atoms with Gasteiger partial charge in [-0.05, 0) is 43.9 Å². The maximum atomic E-state index is 12.6. The Morgan fingerprint density at radius 2 is 2.18 bits per heavy atom. The Kier molecular flexibility index (Phi) is 4.42. The minimum atomic E-state index is 0.0301. The molecule has 0 saturated carbocycles. The van der Waals surface area contributed by atoms with E-state index < -0.39 is 0 Å². The van der Waals surface area contributed by atoms with Crippen molar-refractivity contribution < 1.29 is 9.53 Å². The molecular weight excluding hydrogens is 278 g/mol. The van der Waals surface area contributed by atoms with Gasteiger partial charge in [-0.3, -0.25) is 9.89 Å². The van der Waals surface area contributed by atoms with Crippen molar-refractivity contribution in [2.45, 2.75) is 32.2 Å². The van der Waals surface area contributed by atoms with Crippen molar-refractivity contribution in [2.24, 2.45) is 0 Å². The molecule has 116 valence electrons. The van der Waals surface area contributed by atoms with Gasteiger partial charge in [0.25, 0.3) is 5.91 Å². The van der Waals surface area contributed by atoms with Crippen LogP contribution in [-0.4, -0.2) is 34.2 Å². The molecule has 0 spiro atoms. The zero-order valence-corrected chi connectivity index (χ0v) is 12.8. The number of ether oxygens (including phenoxy) is 1. The Morgan fingerprint density at radius 3 is 2.91 bits per heavy atom. The Hall–Kier alpha value is -2.30. The van der Waals surface area contributed by atoms with E-state index in [0.717, 1.165) is 42.8 Å². The second-order valence-electron chi connectivity index (χ2n) is 5.67. The number of benzene rings is 1. The minimum absolute atomic E-state index is 0.0301. The third-order valence-corrected chi connectivity index (χ3v) is 4.13. The molecule has 1 fully saturated rings. The molecule has 5 nitrogen and oxygen atoms in total. The lowest BCUT2D eigenvalue weighted by atomic mass is 9.97. The highest BCUT2D eigenvalue weighted by Gasteiger charge is 2.30. The fourth-order valence-electron chi connectivity index (χ4n) is 2.97. The van der Waals surface area contributed by atoms with Gasteiger partial charge in [-0.1, -0.05) is 18.2 Å². The van der Waals surface area contributed by atoms with Crippen LogP contribution in [0.15, 0.2) is 36.5 Å². The number of carbonyl (C=O) groups excluding carboxylic acids is 1. The number of hydrogen-bond donors (Lipinski definition) is 1. The van der Waals surface area contributed by atoms with E-state index in [1.807, 2.05) is 48.4 Å². The number of nitrogens with one attached hydrogen (secondary N) is 1. The van der Waals surface area contributed by atoms with Crippen molar-refractivity contribution in [3.05, 3.63) is 47.8 Å². The van der Waals surface area contributed by atoms with Crippen molar-refractivity contribution in [3.8, 4) is 5.75 Å². The van der Waals surface area contributed by atoms with Crippen LogP contribution in [0.5, 0.6) is 5.75 Å². The number of piperidine rings is 1. The van der Waals surface area contributed by atoms with Gasteiger partial charge in [-0.2, -0.15) is 5.10 Å². The zero-order chi connectivity index (χ0) is 15.4. The molecule has 1 amide bonds. The van der Waals surface area contributed by atoms with E-state index in [1.54, 1.807) is 0 Å². The van der Waals surface area contributed by atoms with E-state index >= 15 is 0 Å². The van der Waals surface area contributed by atoms with E-state index in [4.69, 9.17) is 4.74 Å². The van der Waals surface area contributed by atoms with Gasteiger partial charge in [0.05, 0.1) is 17.9 Å². The summed E-state index contributed by atoms with van der Waals surface area (Å²) in [6.45, 7) is 2.88. The third-order valence-electron chi connectivity index (χ3n) is 4.13. The van der Waals surface area contributed by atoms with Gasteiger partial charge >= 0.3 is 0 Å². The number of amides is 1. The number of para-hydroxylation sites is 1. The summed E-state index contributed by atoms with van der Waals surface area (Å²) >= 11 is 0. The fraction of sp³-hybridized carbons (Fsp3) is 0.412. The molecule has 1 atom stereocenters. The summed E-state index contributed by atoms with van der Waals surface area (Å²) in [5, 5.41) is 7.14. The molecule has 22 heavy (non-hydrogen) atoms. The van der Waals surface area contributed by atoms with Gasteiger partial charge < -0.3 is 9.64 Å². The minimum Gasteiger partial charge on any atom is -0.484 e. The molecule has 0 radical (unpaired) electrons.